The highest BCUT2D eigenvalue weighted by molar-refractivity contribution is 5.14. The first-order valence-corrected chi connectivity index (χ1v) is 6.12. The van der Waals surface area contributed by atoms with E-state index in [1.807, 2.05) is 19.2 Å². The summed E-state index contributed by atoms with van der Waals surface area (Å²) in [6.07, 6.45) is 1.89. The van der Waals surface area contributed by atoms with Crippen LogP contribution in [0.5, 0.6) is 5.88 Å². The highest BCUT2D eigenvalue weighted by Crippen LogP contribution is 2.23. The number of rotatable bonds is 7. The maximum Gasteiger partial charge on any atom is 0.233 e. The van der Waals surface area contributed by atoms with Crippen molar-refractivity contribution in [3.8, 4) is 5.88 Å². The van der Waals surface area contributed by atoms with Crippen molar-refractivity contribution in [1.29, 1.82) is 0 Å². The van der Waals surface area contributed by atoms with Crippen molar-refractivity contribution in [2.45, 2.75) is 38.3 Å². The number of nitrogens with one attached hydrogen (secondary N) is 1. The largest absolute Gasteiger partial charge is 0.480 e. The lowest BCUT2D eigenvalue weighted by atomic mass is 9.97. The molecule has 1 rings (SSSR count). The van der Waals surface area contributed by atoms with Crippen LogP contribution in [0.3, 0.4) is 0 Å². The first kappa shape index (κ1) is 14.9. The molecule has 0 saturated heterocycles. The van der Waals surface area contributed by atoms with Crippen molar-refractivity contribution < 1.29 is 9.47 Å². The molecule has 102 valence electrons. The third-order valence-electron chi connectivity index (χ3n) is 3.16. The Morgan fingerprint density at radius 1 is 1.28 bits per heavy atom. The van der Waals surface area contributed by atoms with Crippen molar-refractivity contribution in [2.24, 2.45) is 0 Å². The van der Waals surface area contributed by atoms with E-state index in [9.17, 15) is 0 Å². The zero-order chi connectivity index (χ0) is 13.6. The Labute approximate surface area is 109 Å². The summed E-state index contributed by atoms with van der Waals surface area (Å²) in [5, 5.41) is 11.4. The minimum Gasteiger partial charge on any atom is -0.480 e. The predicted octanol–water partition coefficient (Wildman–Crippen LogP) is 1.95. The van der Waals surface area contributed by atoms with Gasteiger partial charge in [-0.1, -0.05) is 0 Å². The molecule has 0 aliphatic carbocycles. The molecule has 1 atom stereocenters. The van der Waals surface area contributed by atoms with E-state index in [1.165, 1.54) is 0 Å². The van der Waals surface area contributed by atoms with Crippen molar-refractivity contribution in [3.05, 3.63) is 17.8 Å². The van der Waals surface area contributed by atoms with E-state index >= 15 is 0 Å². The van der Waals surface area contributed by atoms with E-state index in [-0.39, 0.29) is 11.6 Å². The number of aromatic nitrogens is 2. The Balaban J connectivity index is 2.65. The first-order chi connectivity index (χ1) is 8.52. The normalized spacial score (nSPS) is 13.4. The second kappa shape index (κ2) is 6.66. The fourth-order valence-corrected chi connectivity index (χ4v) is 1.66. The van der Waals surface area contributed by atoms with Crippen LogP contribution in [0.1, 0.15) is 38.4 Å². The maximum atomic E-state index is 5.42. The minimum atomic E-state index is -0.116. The van der Waals surface area contributed by atoms with Crippen LogP contribution in [0.4, 0.5) is 0 Å². The Bertz CT molecular complexity index is 352. The molecular weight excluding hydrogens is 230 g/mol. The molecule has 0 radical (unpaired) electrons. The Morgan fingerprint density at radius 2 is 2.00 bits per heavy atom. The molecule has 0 amide bonds. The van der Waals surface area contributed by atoms with Gasteiger partial charge < -0.3 is 14.8 Å². The summed E-state index contributed by atoms with van der Waals surface area (Å²) in [6, 6.07) is 3.94. The molecule has 5 nitrogen and oxygen atoms in total. The van der Waals surface area contributed by atoms with Crippen molar-refractivity contribution in [2.75, 3.05) is 21.3 Å². The zero-order valence-electron chi connectivity index (χ0n) is 11.9. The van der Waals surface area contributed by atoms with E-state index in [0.29, 0.717) is 5.88 Å². The molecular formula is C13H23N3O2. The van der Waals surface area contributed by atoms with Crippen LogP contribution in [-0.2, 0) is 4.74 Å². The first-order valence-electron chi connectivity index (χ1n) is 6.12. The lowest BCUT2D eigenvalue weighted by Gasteiger charge is -2.25. The third-order valence-corrected chi connectivity index (χ3v) is 3.16. The third kappa shape index (κ3) is 4.23. The molecule has 1 unspecified atom stereocenters. The second-order valence-corrected chi connectivity index (χ2v) is 4.84. The number of ether oxygens (including phenoxy) is 2. The quantitative estimate of drug-likeness (QED) is 0.805. The fourth-order valence-electron chi connectivity index (χ4n) is 1.66. The lowest BCUT2D eigenvalue weighted by molar-refractivity contribution is 0.0117. The van der Waals surface area contributed by atoms with Gasteiger partial charge in [-0.15, -0.1) is 5.10 Å². The molecule has 0 bridgehead atoms. The number of methoxy groups -OCH3 is 2. The summed E-state index contributed by atoms with van der Waals surface area (Å²) in [4.78, 5) is 0. The number of nitrogens with zero attached hydrogens (tertiary/aromatic N) is 2. The number of hydrogen-bond donors (Lipinski definition) is 1. The molecule has 0 aliphatic heterocycles. The molecule has 0 saturated carbocycles. The highest BCUT2D eigenvalue weighted by atomic mass is 16.5. The molecule has 0 spiro atoms. The van der Waals surface area contributed by atoms with Crippen LogP contribution < -0.4 is 10.1 Å². The Kier molecular flexibility index (Phi) is 5.50. The van der Waals surface area contributed by atoms with E-state index in [0.717, 1.165) is 18.5 Å². The minimum absolute atomic E-state index is 0.116. The lowest BCUT2D eigenvalue weighted by Crippen LogP contribution is -2.26. The topological polar surface area (TPSA) is 56.3 Å². The Hall–Kier alpha value is -1.20. The average molecular weight is 253 g/mol. The molecule has 0 fully saturated rings. The van der Waals surface area contributed by atoms with Crippen LogP contribution in [0.2, 0.25) is 0 Å². The molecule has 1 heterocycles. The SMILES string of the molecule is CNC(CCC(C)(C)OC)c1ccc(OC)nn1. The smallest absolute Gasteiger partial charge is 0.233 e. The Morgan fingerprint density at radius 3 is 2.44 bits per heavy atom. The van der Waals surface area contributed by atoms with Crippen molar-refractivity contribution in [3.63, 3.8) is 0 Å². The van der Waals surface area contributed by atoms with E-state index < -0.39 is 0 Å². The molecule has 5 heteroatoms. The van der Waals surface area contributed by atoms with Crippen molar-refractivity contribution in [1.82, 2.24) is 15.5 Å². The van der Waals surface area contributed by atoms with Gasteiger partial charge in [0.1, 0.15) is 0 Å². The average Bonchev–Trinajstić information content (AvgIpc) is 2.40. The second-order valence-electron chi connectivity index (χ2n) is 4.84. The van der Waals surface area contributed by atoms with Gasteiger partial charge in [-0.25, -0.2) is 0 Å². The van der Waals surface area contributed by atoms with Gasteiger partial charge in [-0.3, -0.25) is 0 Å². The summed E-state index contributed by atoms with van der Waals surface area (Å²) in [5.74, 6) is 0.533. The van der Waals surface area contributed by atoms with Gasteiger partial charge in [0.05, 0.1) is 24.4 Å². The molecule has 1 N–H and O–H groups in total. The molecule has 0 aromatic carbocycles. The van der Waals surface area contributed by atoms with Crippen LogP contribution in [0, 0.1) is 0 Å². The van der Waals surface area contributed by atoms with Gasteiger partial charge in [0, 0.05) is 13.2 Å². The van der Waals surface area contributed by atoms with Gasteiger partial charge in [0.2, 0.25) is 5.88 Å². The van der Waals surface area contributed by atoms with E-state index in [2.05, 4.69) is 29.4 Å². The van der Waals surface area contributed by atoms with Gasteiger partial charge in [-0.2, -0.15) is 5.10 Å². The van der Waals surface area contributed by atoms with Crippen LogP contribution in [-0.4, -0.2) is 37.1 Å². The highest BCUT2D eigenvalue weighted by Gasteiger charge is 2.20. The molecule has 1 aromatic heterocycles. The zero-order valence-corrected chi connectivity index (χ0v) is 11.9. The summed E-state index contributed by atoms with van der Waals surface area (Å²) in [6.45, 7) is 4.17. The standard InChI is InChI=1S/C13H23N3O2/c1-13(2,18-5)9-8-10(14-3)11-6-7-12(17-4)16-15-11/h6-7,10,14H,8-9H2,1-5H3. The van der Waals surface area contributed by atoms with E-state index in [1.54, 1.807) is 14.2 Å². The maximum absolute atomic E-state index is 5.42. The van der Waals surface area contributed by atoms with E-state index in [4.69, 9.17) is 9.47 Å². The summed E-state index contributed by atoms with van der Waals surface area (Å²) in [7, 11) is 5.25. The van der Waals surface area contributed by atoms with Crippen molar-refractivity contribution >= 4 is 0 Å². The van der Waals surface area contributed by atoms with Crippen LogP contribution in [0.25, 0.3) is 0 Å². The van der Waals surface area contributed by atoms with Crippen LogP contribution >= 0.6 is 0 Å². The summed E-state index contributed by atoms with van der Waals surface area (Å²) < 4.78 is 10.4. The van der Waals surface area contributed by atoms with Gasteiger partial charge in [0.25, 0.3) is 0 Å². The monoisotopic (exact) mass is 253 g/mol. The molecule has 0 aliphatic rings. The van der Waals surface area contributed by atoms with Gasteiger partial charge in [0.15, 0.2) is 0 Å². The van der Waals surface area contributed by atoms with Gasteiger partial charge in [-0.05, 0) is 39.8 Å². The summed E-state index contributed by atoms with van der Waals surface area (Å²) in [5.41, 5.74) is 0.805. The molecule has 18 heavy (non-hydrogen) atoms. The van der Waals surface area contributed by atoms with Crippen LogP contribution in [0.15, 0.2) is 12.1 Å². The predicted molar refractivity (Wildman–Crippen MR) is 70.7 cm³/mol. The summed E-state index contributed by atoms with van der Waals surface area (Å²) >= 11 is 0. The fraction of sp³-hybridized carbons (Fsp3) is 0.692. The van der Waals surface area contributed by atoms with Gasteiger partial charge >= 0.3 is 0 Å². The molecule has 1 aromatic rings. The number of hydrogen-bond acceptors (Lipinski definition) is 5.